The molecule has 0 saturated heterocycles. The van der Waals surface area contributed by atoms with Gasteiger partial charge in [0.25, 0.3) is 0 Å². The van der Waals surface area contributed by atoms with E-state index in [9.17, 15) is 22.0 Å². The van der Waals surface area contributed by atoms with E-state index in [-0.39, 0.29) is 5.56 Å². The number of aromatic nitrogens is 1. The number of pyridine rings is 1. The minimum absolute atomic E-state index is 0.117. The summed E-state index contributed by atoms with van der Waals surface area (Å²) in [5.41, 5.74) is 3.12. The first-order chi connectivity index (χ1) is 14.0. The van der Waals surface area contributed by atoms with E-state index >= 15 is 0 Å². The zero-order valence-electron chi connectivity index (χ0n) is 14.6. The molecule has 0 N–H and O–H groups in total. The molecule has 0 spiro atoms. The summed E-state index contributed by atoms with van der Waals surface area (Å²) in [5.74, 6) is -9.83. The zero-order chi connectivity index (χ0) is 20.3. The molecule has 1 nitrogen and oxygen atoms in total. The van der Waals surface area contributed by atoms with Gasteiger partial charge < -0.3 is 0 Å². The van der Waals surface area contributed by atoms with Crippen LogP contribution in [-0.4, -0.2) is 4.98 Å². The summed E-state index contributed by atoms with van der Waals surface area (Å²) in [7, 11) is 0. The van der Waals surface area contributed by atoms with Gasteiger partial charge in [-0.3, -0.25) is 0 Å². The highest BCUT2D eigenvalue weighted by molar-refractivity contribution is 6.04. The first-order valence-electron chi connectivity index (χ1n) is 8.70. The van der Waals surface area contributed by atoms with Crippen LogP contribution in [0, 0.1) is 29.1 Å². The lowest BCUT2D eigenvalue weighted by Gasteiger charge is -2.10. The second-order valence-corrected chi connectivity index (χ2v) is 6.69. The molecule has 29 heavy (non-hydrogen) atoms. The van der Waals surface area contributed by atoms with Crippen LogP contribution in [0.3, 0.4) is 0 Å². The zero-order valence-corrected chi connectivity index (χ0v) is 14.6. The third-order valence-electron chi connectivity index (χ3n) is 5.02. The van der Waals surface area contributed by atoms with E-state index in [1.165, 1.54) is 24.3 Å². The van der Waals surface area contributed by atoms with Gasteiger partial charge in [0.1, 0.15) is 0 Å². The number of hydrogen-bond acceptors (Lipinski definition) is 1. The van der Waals surface area contributed by atoms with Gasteiger partial charge in [-0.25, -0.2) is 26.9 Å². The van der Waals surface area contributed by atoms with Gasteiger partial charge >= 0.3 is 0 Å². The Hall–Kier alpha value is -3.54. The largest absolute Gasteiger partial charge is 0.248 e. The van der Waals surface area contributed by atoms with Crippen molar-refractivity contribution in [3.8, 4) is 22.4 Å². The molecular weight excluding hydrogens is 385 g/mol. The Morgan fingerprint density at radius 1 is 0.586 bits per heavy atom. The SMILES string of the molecule is Fc1c(F)c(F)c(-c2ccc(-c3cc4c5c(cccc5n3)C=C4)cc2)c(F)c1F. The molecule has 3 aromatic carbocycles. The highest BCUT2D eigenvalue weighted by atomic mass is 19.2. The second kappa shape index (κ2) is 6.24. The van der Waals surface area contributed by atoms with Crippen LogP contribution >= 0.6 is 0 Å². The lowest BCUT2D eigenvalue weighted by atomic mass is 9.99. The van der Waals surface area contributed by atoms with Gasteiger partial charge in [0.05, 0.1) is 16.8 Å². The Bertz CT molecular complexity index is 1310. The van der Waals surface area contributed by atoms with Crippen LogP contribution < -0.4 is 0 Å². The first kappa shape index (κ1) is 17.6. The number of benzene rings is 3. The van der Waals surface area contributed by atoms with E-state index in [1.807, 2.05) is 36.4 Å². The minimum Gasteiger partial charge on any atom is -0.248 e. The molecular formula is C23H10F5N. The van der Waals surface area contributed by atoms with Gasteiger partial charge in [-0.2, -0.15) is 0 Å². The standard InChI is InChI=1S/C23H10F5N/c24-19-18(20(25)22(27)23(28)21(19)26)13-6-4-11(5-7-13)16-10-14-9-8-12-2-1-3-15(29-16)17(12)14/h1-10H. The van der Waals surface area contributed by atoms with E-state index in [4.69, 9.17) is 0 Å². The van der Waals surface area contributed by atoms with E-state index in [2.05, 4.69) is 4.98 Å². The van der Waals surface area contributed by atoms with Crippen LogP contribution in [0.5, 0.6) is 0 Å². The van der Waals surface area contributed by atoms with E-state index in [0.717, 1.165) is 22.0 Å². The fraction of sp³-hybridized carbons (Fsp3) is 0. The molecule has 5 rings (SSSR count). The van der Waals surface area contributed by atoms with Crippen molar-refractivity contribution in [1.82, 2.24) is 4.98 Å². The smallest absolute Gasteiger partial charge is 0.200 e. The van der Waals surface area contributed by atoms with Crippen molar-refractivity contribution in [3.05, 3.63) is 88.7 Å². The molecule has 1 aliphatic carbocycles. The van der Waals surface area contributed by atoms with Crippen molar-refractivity contribution in [2.45, 2.75) is 0 Å². The molecule has 4 aromatic rings. The fourth-order valence-electron chi connectivity index (χ4n) is 3.61. The third kappa shape index (κ3) is 2.56. The number of rotatable bonds is 2. The lowest BCUT2D eigenvalue weighted by molar-refractivity contribution is 0.381. The van der Waals surface area contributed by atoms with Crippen LogP contribution in [0.15, 0.2) is 48.5 Å². The van der Waals surface area contributed by atoms with Gasteiger partial charge in [-0.15, -0.1) is 0 Å². The molecule has 0 fully saturated rings. The molecule has 0 amide bonds. The monoisotopic (exact) mass is 395 g/mol. The summed E-state index contributed by atoms with van der Waals surface area (Å²) >= 11 is 0. The molecule has 1 aliphatic rings. The number of nitrogens with zero attached hydrogens (tertiary/aromatic N) is 1. The predicted molar refractivity (Wildman–Crippen MR) is 101 cm³/mol. The Morgan fingerprint density at radius 3 is 1.86 bits per heavy atom. The maximum absolute atomic E-state index is 14.0. The van der Waals surface area contributed by atoms with Gasteiger partial charge in [0, 0.05) is 10.9 Å². The van der Waals surface area contributed by atoms with Gasteiger partial charge in [-0.05, 0) is 28.8 Å². The van der Waals surface area contributed by atoms with Crippen molar-refractivity contribution in [2.75, 3.05) is 0 Å². The first-order valence-corrected chi connectivity index (χ1v) is 8.70. The summed E-state index contributed by atoms with van der Waals surface area (Å²) in [4.78, 5) is 4.63. The normalized spacial score (nSPS) is 12.2. The average molecular weight is 395 g/mol. The Labute approximate surface area is 161 Å². The summed E-state index contributed by atoms with van der Waals surface area (Å²) in [6.07, 6.45) is 3.97. The number of halogens is 5. The Morgan fingerprint density at radius 2 is 1.17 bits per heavy atom. The highest BCUT2D eigenvalue weighted by Gasteiger charge is 2.26. The maximum atomic E-state index is 14.0. The number of hydrogen-bond donors (Lipinski definition) is 0. The van der Waals surface area contributed by atoms with Crippen LogP contribution in [0.1, 0.15) is 11.1 Å². The van der Waals surface area contributed by atoms with Crippen LogP contribution in [0.4, 0.5) is 22.0 Å². The van der Waals surface area contributed by atoms with E-state index in [0.29, 0.717) is 11.3 Å². The molecule has 0 atom stereocenters. The molecule has 0 bridgehead atoms. The molecule has 0 unspecified atom stereocenters. The van der Waals surface area contributed by atoms with Crippen molar-refractivity contribution in [1.29, 1.82) is 0 Å². The molecule has 0 aliphatic heterocycles. The van der Waals surface area contributed by atoms with Crippen LogP contribution in [0.25, 0.3) is 45.4 Å². The second-order valence-electron chi connectivity index (χ2n) is 6.69. The molecule has 1 heterocycles. The summed E-state index contributed by atoms with van der Waals surface area (Å²) in [6, 6.07) is 13.4. The van der Waals surface area contributed by atoms with Crippen molar-refractivity contribution in [3.63, 3.8) is 0 Å². The van der Waals surface area contributed by atoms with Gasteiger partial charge in [0.15, 0.2) is 23.3 Å². The van der Waals surface area contributed by atoms with Crippen LogP contribution in [0.2, 0.25) is 0 Å². The van der Waals surface area contributed by atoms with Crippen molar-refractivity contribution < 1.29 is 22.0 Å². The fourth-order valence-corrected chi connectivity index (χ4v) is 3.61. The van der Waals surface area contributed by atoms with Crippen molar-refractivity contribution in [2.24, 2.45) is 0 Å². The van der Waals surface area contributed by atoms with Crippen LogP contribution in [-0.2, 0) is 0 Å². The van der Waals surface area contributed by atoms with Gasteiger partial charge in [0.2, 0.25) is 5.82 Å². The molecule has 1 aromatic heterocycles. The Balaban J connectivity index is 1.61. The van der Waals surface area contributed by atoms with Crippen molar-refractivity contribution >= 4 is 23.1 Å². The van der Waals surface area contributed by atoms with E-state index in [1.54, 1.807) is 0 Å². The van der Waals surface area contributed by atoms with E-state index < -0.39 is 34.6 Å². The minimum atomic E-state index is -2.17. The summed E-state index contributed by atoms with van der Waals surface area (Å²) < 4.78 is 68.3. The van der Waals surface area contributed by atoms with Gasteiger partial charge in [-0.1, -0.05) is 48.6 Å². The highest BCUT2D eigenvalue weighted by Crippen LogP contribution is 2.35. The summed E-state index contributed by atoms with van der Waals surface area (Å²) in [6.45, 7) is 0. The third-order valence-corrected chi connectivity index (χ3v) is 5.02. The molecule has 0 saturated carbocycles. The molecule has 0 radical (unpaired) electrons. The quantitative estimate of drug-likeness (QED) is 0.183. The molecule has 142 valence electrons. The lowest BCUT2D eigenvalue weighted by Crippen LogP contribution is -2.04. The topological polar surface area (TPSA) is 12.9 Å². The molecule has 6 heteroatoms. The Kier molecular flexibility index (Phi) is 3.77. The average Bonchev–Trinajstić information content (AvgIpc) is 3.16. The maximum Gasteiger partial charge on any atom is 0.200 e. The summed E-state index contributed by atoms with van der Waals surface area (Å²) in [5, 5.41) is 1.05. The predicted octanol–water partition coefficient (Wildman–Crippen LogP) is 6.75.